The number of carbonyl (C=O) groups is 2. The van der Waals surface area contributed by atoms with Gasteiger partial charge < -0.3 is 4.74 Å². The van der Waals surface area contributed by atoms with Crippen LogP contribution in [0.2, 0.25) is 0 Å². The van der Waals surface area contributed by atoms with Crippen molar-refractivity contribution in [3.05, 3.63) is 34.4 Å². The SMILES string of the molecule is CCOC(=O)CC(=O)CS(=O)c1ccc([N+](=O)[O-])cc1. The summed E-state index contributed by atoms with van der Waals surface area (Å²) in [6, 6.07) is 5.07. The van der Waals surface area contributed by atoms with Gasteiger partial charge in [-0.2, -0.15) is 0 Å². The number of Topliss-reactive ketones (excluding diaryl/α,β-unsaturated/α-hetero) is 1. The molecule has 0 N–H and O–H groups in total. The summed E-state index contributed by atoms with van der Waals surface area (Å²) in [5.74, 6) is -1.48. The molecule has 0 amide bonds. The Labute approximate surface area is 117 Å². The van der Waals surface area contributed by atoms with E-state index >= 15 is 0 Å². The van der Waals surface area contributed by atoms with Crippen LogP contribution in [-0.2, 0) is 25.1 Å². The van der Waals surface area contributed by atoms with Gasteiger partial charge in [0.25, 0.3) is 5.69 Å². The molecule has 1 atom stereocenters. The molecule has 0 aliphatic heterocycles. The van der Waals surface area contributed by atoms with Crippen LogP contribution in [0.4, 0.5) is 5.69 Å². The van der Waals surface area contributed by atoms with Gasteiger partial charge in [-0.05, 0) is 19.1 Å². The molecule has 0 aromatic heterocycles. The monoisotopic (exact) mass is 299 g/mol. The van der Waals surface area contributed by atoms with E-state index in [0.29, 0.717) is 4.90 Å². The van der Waals surface area contributed by atoms with E-state index in [0.717, 1.165) is 0 Å². The van der Waals surface area contributed by atoms with Crippen LogP contribution in [0.1, 0.15) is 13.3 Å². The summed E-state index contributed by atoms with van der Waals surface area (Å²) in [5, 5.41) is 10.5. The maximum atomic E-state index is 11.8. The fourth-order valence-corrected chi connectivity index (χ4v) is 2.37. The minimum Gasteiger partial charge on any atom is -0.466 e. The molecule has 108 valence electrons. The zero-order valence-corrected chi connectivity index (χ0v) is 11.6. The van der Waals surface area contributed by atoms with Crippen LogP contribution in [0.3, 0.4) is 0 Å². The summed E-state index contributed by atoms with van der Waals surface area (Å²) in [5.41, 5.74) is -0.122. The fourth-order valence-electron chi connectivity index (χ4n) is 1.37. The van der Waals surface area contributed by atoms with Crippen molar-refractivity contribution < 1.29 is 23.5 Å². The molecule has 7 nitrogen and oxygen atoms in total. The molecular weight excluding hydrogens is 286 g/mol. The molecule has 1 unspecified atom stereocenters. The van der Waals surface area contributed by atoms with Gasteiger partial charge in [0.1, 0.15) is 6.42 Å². The number of hydrogen-bond donors (Lipinski definition) is 0. The Morgan fingerprint density at radius 3 is 2.40 bits per heavy atom. The van der Waals surface area contributed by atoms with Gasteiger partial charge in [-0.1, -0.05) is 0 Å². The molecule has 1 aromatic rings. The highest BCUT2D eigenvalue weighted by atomic mass is 32.2. The number of rotatable bonds is 7. The van der Waals surface area contributed by atoms with E-state index in [1.165, 1.54) is 24.3 Å². The summed E-state index contributed by atoms with van der Waals surface area (Å²) >= 11 is 0. The largest absolute Gasteiger partial charge is 0.466 e. The van der Waals surface area contributed by atoms with Gasteiger partial charge in [0, 0.05) is 17.0 Å². The Bertz CT molecular complexity index is 539. The van der Waals surface area contributed by atoms with Gasteiger partial charge in [-0.3, -0.25) is 23.9 Å². The molecule has 1 aromatic carbocycles. The number of nitrogens with zero attached hydrogens (tertiary/aromatic N) is 1. The lowest BCUT2D eigenvalue weighted by molar-refractivity contribution is -0.384. The number of carbonyl (C=O) groups excluding carboxylic acids is 2. The maximum absolute atomic E-state index is 11.8. The molecule has 0 spiro atoms. The number of nitro benzene ring substituents is 1. The molecule has 8 heteroatoms. The first-order valence-electron chi connectivity index (χ1n) is 5.74. The summed E-state index contributed by atoms with van der Waals surface area (Å²) in [6.45, 7) is 1.80. The molecule has 0 bridgehead atoms. The van der Waals surface area contributed by atoms with Crippen molar-refractivity contribution in [2.24, 2.45) is 0 Å². The van der Waals surface area contributed by atoms with Crippen molar-refractivity contribution in [3.8, 4) is 0 Å². The first-order valence-corrected chi connectivity index (χ1v) is 7.06. The quantitative estimate of drug-likeness (QED) is 0.324. The zero-order valence-electron chi connectivity index (χ0n) is 10.7. The van der Waals surface area contributed by atoms with Gasteiger partial charge in [0.2, 0.25) is 0 Å². The highest BCUT2D eigenvalue weighted by molar-refractivity contribution is 7.85. The average molecular weight is 299 g/mol. The van der Waals surface area contributed by atoms with Crippen LogP contribution in [-0.4, -0.2) is 33.2 Å². The Kier molecular flexibility index (Phi) is 5.98. The molecule has 0 fully saturated rings. The zero-order chi connectivity index (χ0) is 15.1. The second kappa shape index (κ2) is 7.49. The van der Waals surface area contributed by atoms with Gasteiger partial charge >= 0.3 is 5.97 Å². The summed E-state index contributed by atoms with van der Waals surface area (Å²) < 4.78 is 16.5. The van der Waals surface area contributed by atoms with Crippen molar-refractivity contribution >= 4 is 28.2 Å². The lowest BCUT2D eigenvalue weighted by Crippen LogP contribution is -2.17. The predicted molar refractivity (Wildman–Crippen MR) is 70.6 cm³/mol. The fraction of sp³-hybridized carbons (Fsp3) is 0.333. The van der Waals surface area contributed by atoms with Gasteiger partial charge in [-0.25, -0.2) is 0 Å². The number of ketones is 1. The highest BCUT2D eigenvalue weighted by Crippen LogP contribution is 2.15. The third kappa shape index (κ3) is 4.88. The molecule has 20 heavy (non-hydrogen) atoms. The second-order valence-electron chi connectivity index (χ2n) is 3.76. The smallest absolute Gasteiger partial charge is 0.313 e. The van der Waals surface area contributed by atoms with E-state index in [9.17, 15) is 23.9 Å². The molecule has 1 rings (SSSR count). The van der Waals surface area contributed by atoms with Crippen molar-refractivity contribution in [2.75, 3.05) is 12.4 Å². The number of hydrogen-bond acceptors (Lipinski definition) is 6. The highest BCUT2D eigenvalue weighted by Gasteiger charge is 2.15. The third-order valence-corrected chi connectivity index (χ3v) is 3.63. The topological polar surface area (TPSA) is 104 Å². The standard InChI is InChI=1S/C12H13NO6S/c1-2-19-12(15)7-10(14)8-20(18)11-5-3-9(4-6-11)13(16)17/h3-6H,2,7-8H2,1H3. The van der Waals surface area contributed by atoms with E-state index in [4.69, 9.17) is 0 Å². The second-order valence-corrected chi connectivity index (χ2v) is 5.21. The van der Waals surface area contributed by atoms with Crippen molar-refractivity contribution in [3.63, 3.8) is 0 Å². The molecular formula is C12H13NO6S. The van der Waals surface area contributed by atoms with Crippen molar-refractivity contribution in [1.29, 1.82) is 0 Å². The van der Waals surface area contributed by atoms with E-state index in [1.807, 2.05) is 0 Å². The summed E-state index contributed by atoms with van der Waals surface area (Å²) in [6.07, 6.45) is -0.424. The Morgan fingerprint density at radius 1 is 1.30 bits per heavy atom. The maximum Gasteiger partial charge on any atom is 0.313 e. The van der Waals surface area contributed by atoms with E-state index < -0.39 is 33.9 Å². The minimum absolute atomic E-state index is 0.122. The average Bonchev–Trinajstić information content (AvgIpc) is 2.38. The molecule has 0 aliphatic rings. The lowest BCUT2D eigenvalue weighted by Gasteiger charge is -2.02. The molecule has 0 saturated carbocycles. The summed E-state index contributed by atoms with van der Waals surface area (Å²) in [4.78, 5) is 32.8. The van der Waals surface area contributed by atoms with E-state index in [-0.39, 0.29) is 18.0 Å². The third-order valence-electron chi connectivity index (χ3n) is 2.25. The van der Waals surface area contributed by atoms with E-state index in [2.05, 4.69) is 4.74 Å². The van der Waals surface area contributed by atoms with Gasteiger partial charge in [0.15, 0.2) is 5.78 Å². The van der Waals surface area contributed by atoms with Crippen LogP contribution >= 0.6 is 0 Å². The Balaban J connectivity index is 2.60. The molecule has 0 radical (unpaired) electrons. The van der Waals surface area contributed by atoms with Crippen LogP contribution in [0, 0.1) is 10.1 Å². The predicted octanol–water partition coefficient (Wildman–Crippen LogP) is 1.22. The molecule has 0 heterocycles. The lowest BCUT2D eigenvalue weighted by atomic mass is 10.3. The van der Waals surface area contributed by atoms with Gasteiger partial charge in [-0.15, -0.1) is 0 Å². The van der Waals surface area contributed by atoms with Gasteiger partial charge in [0.05, 0.1) is 28.1 Å². The van der Waals surface area contributed by atoms with Crippen LogP contribution < -0.4 is 0 Å². The van der Waals surface area contributed by atoms with Crippen LogP contribution in [0.25, 0.3) is 0 Å². The Hall–Kier alpha value is -2.09. The number of benzene rings is 1. The first-order chi connectivity index (χ1) is 9.43. The first kappa shape index (κ1) is 16.0. The van der Waals surface area contributed by atoms with Crippen molar-refractivity contribution in [2.45, 2.75) is 18.2 Å². The van der Waals surface area contributed by atoms with Crippen LogP contribution in [0.5, 0.6) is 0 Å². The number of non-ortho nitro benzene ring substituents is 1. The number of esters is 1. The number of nitro groups is 1. The summed E-state index contributed by atoms with van der Waals surface area (Å²) in [7, 11) is -1.64. The van der Waals surface area contributed by atoms with Crippen LogP contribution in [0.15, 0.2) is 29.2 Å². The minimum atomic E-state index is -1.64. The van der Waals surface area contributed by atoms with Crippen molar-refractivity contribution in [1.82, 2.24) is 0 Å². The molecule has 0 aliphatic carbocycles. The van der Waals surface area contributed by atoms with E-state index in [1.54, 1.807) is 6.92 Å². The number of ether oxygens (including phenoxy) is 1. The normalized spacial score (nSPS) is 11.7. The Morgan fingerprint density at radius 2 is 1.90 bits per heavy atom. The molecule has 0 saturated heterocycles.